The van der Waals surface area contributed by atoms with Crippen molar-refractivity contribution in [1.82, 2.24) is 0 Å². The van der Waals surface area contributed by atoms with E-state index in [9.17, 15) is 0 Å². The van der Waals surface area contributed by atoms with Crippen molar-refractivity contribution in [3.63, 3.8) is 0 Å². The number of hydrogen-bond donors (Lipinski definition) is 1. The highest BCUT2D eigenvalue weighted by molar-refractivity contribution is 5.49. The van der Waals surface area contributed by atoms with Crippen LogP contribution in [0.2, 0.25) is 0 Å². The normalized spacial score (nSPS) is 12.0. The summed E-state index contributed by atoms with van der Waals surface area (Å²) in [7, 11) is 3.73. The number of likely N-dealkylation sites (N-methyl/N-ethyl adjacent to an activating group) is 1. The lowest BCUT2D eigenvalue weighted by molar-refractivity contribution is 0.415. The SMILES string of the molecule is COc1ccc(N(C)CC(N)c2ccc(C)c(C)c2)cc1. The average Bonchev–Trinajstić information content (AvgIpc) is 2.50. The zero-order valence-corrected chi connectivity index (χ0v) is 13.3. The largest absolute Gasteiger partial charge is 0.497 e. The van der Waals surface area contributed by atoms with E-state index in [0.717, 1.165) is 18.0 Å². The van der Waals surface area contributed by atoms with Gasteiger partial charge in [-0.05, 0) is 54.8 Å². The summed E-state index contributed by atoms with van der Waals surface area (Å²) < 4.78 is 5.18. The zero-order valence-electron chi connectivity index (χ0n) is 13.3. The molecule has 0 aliphatic heterocycles. The summed E-state index contributed by atoms with van der Waals surface area (Å²) in [5.41, 5.74) is 11.2. The molecule has 2 rings (SSSR count). The maximum Gasteiger partial charge on any atom is 0.119 e. The summed E-state index contributed by atoms with van der Waals surface area (Å²) in [6, 6.07) is 14.5. The van der Waals surface area contributed by atoms with Crippen LogP contribution in [0.1, 0.15) is 22.7 Å². The number of ether oxygens (including phenoxy) is 1. The van der Waals surface area contributed by atoms with E-state index in [1.54, 1.807) is 7.11 Å². The Hall–Kier alpha value is -2.00. The van der Waals surface area contributed by atoms with E-state index < -0.39 is 0 Å². The number of methoxy groups -OCH3 is 1. The number of benzene rings is 2. The molecule has 3 heteroatoms. The number of anilines is 1. The van der Waals surface area contributed by atoms with Gasteiger partial charge in [0.25, 0.3) is 0 Å². The lowest BCUT2D eigenvalue weighted by Crippen LogP contribution is -2.29. The van der Waals surface area contributed by atoms with Gasteiger partial charge in [-0.1, -0.05) is 18.2 Å². The Kier molecular flexibility index (Phi) is 4.86. The predicted octanol–water partition coefficient (Wildman–Crippen LogP) is 3.45. The molecule has 0 amide bonds. The van der Waals surface area contributed by atoms with E-state index in [1.165, 1.54) is 16.7 Å². The minimum atomic E-state index is -0.00333. The van der Waals surface area contributed by atoms with Gasteiger partial charge < -0.3 is 15.4 Å². The summed E-state index contributed by atoms with van der Waals surface area (Å²) in [6.45, 7) is 5.02. The molecular weight excluding hydrogens is 260 g/mol. The molecule has 1 unspecified atom stereocenters. The van der Waals surface area contributed by atoms with Gasteiger partial charge in [-0.25, -0.2) is 0 Å². The predicted molar refractivity (Wildman–Crippen MR) is 89.1 cm³/mol. The first kappa shape index (κ1) is 15.4. The van der Waals surface area contributed by atoms with Crippen molar-refractivity contribution in [2.75, 3.05) is 25.6 Å². The Morgan fingerprint density at radius 1 is 1.05 bits per heavy atom. The van der Waals surface area contributed by atoms with Crippen molar-refractivity contribution in [2.45, 2.75) is 19.9 Å². The first-order valence-electron chi connectivity index (χ1n) is 7.19. The Labute approximate surface area is 127 Å². The van der Waals surface area contributed by atoms with Gasteiger partial charge in [-0.3, -0.25) is 0 Å². The fourth-order valence-corrected chi connectivity index (χ4v) is 2.34. The molecule has 0 spiro atoms. The Bertz CT molecular complexity index is 593. The quantitative estimate of drug-likeness (QED) is 0.914. The maximum absolute atomic E-state index is 6.34. The molecule has 2 N–H and O–H groups in total. The maximum atomic E-state index is 6.34. The molecule has 0 radical (unpaired) electrons. The topological polar surface area (TPSA) is 38.5 Å². The zero-order chi connectivity index (χ0) is 15.4. The average molecular weight is 284 g/mol. The highest BCUT2D eigenvalue weighted by Gasteiger charge is 2.11. The van der Waals surface area contributed by atoms with Crippen LogP contribution < -0.4 is 15.4 Å². The third-order valence-corrected chi connectivity index (χ3v) is 3.94. The molecule has 0 saturated carbocycles. The second kappa shape index (κ2) is 6.64. The first-order valence-corrected chi connectivity index (χ1v) is 7.19. The van der Waals surface area contributed by atoms with Gasteiger partial charge in [-0.15, -0.1) is 0 Å². The highest BCUT2D eigenvalue weighted by atomic mass is 16.5. The fourth-order valence-electron chi connectivity index (χ4n) is 2.34. The van der Waals surface area contributed by atoms with Crippen molar-refractivity contribution >= 4 is 5.69 Å². The molecule has 2 aromatic rings. The van der Waals surface area contributed by atoms with Crippen molar-refractivity contribution in [3.8, 4) is 5.75 Å². The van der Waals surface area contributed by atoms with Crippen molar-refractivity contribution in [2.24, 2.45) is 5.73 Å². The second-order valence-electron chi connectivity index (χ2n) is 5.53. The molecule has 2 aromatic carbocycles. The minimum absolute atomic E-state index is 0.00333. The van der Waals surface area contributed by atoms with Gasteiger partial charge in [0.15, 0.2) is 0 Å². The molecule has 0 saturated heterocycles. The van der Waals surface area contributed by atoms with Gasteiger partial charge >= 0.3 is 0 Å². The van der Waals surface area contributed by atoms with E-state index in [-0.39, 0.29) is 6.04 Å². The van der Waals surface area contributed by atoms with E-state index >= 15 is 0 Å². The van der Waals surface area contributed by atoms with E-state index in [1.807, 2.05) is 24.3 Å². The molecule has 0 bridgehead atoms. The summed E-state index contributed by atoms with van der Waals surface area (Å²) in [5.74, 6) is 0.866. The van der Waals surface area contributed by atoms with Crippen LogP contribution >= 0.6 is 0 Å². The molecule has 0 heterocycles. The highest BCUT2D eigenvalue weighted by Crippen LogP contribution is 2.21. The Balaban J connectivity index is 2.06. The number of aryl methyl sites for hydroxylation is 2. The van der Waals surface area contributed by atoms with Crippen LogP contribution in [0, 0.1) is 13.8 Å². The molecular formula is C18H24N2O. The molecule has 0 aromatic heterocycles. The fraction of sp³-hybridized carbons (Fsp3) is 0.333. The molecule has 21 heavy (non-hydrogen) atoms. The lowest BCUT2D eigenvalue weighted by Gasteiger charge is -2.24. The van der Waals surface area contributed by atoms with Crippen LogP contribution in [0.15, 0.2) is 42.5 Å². The van der Waals surface area contributed by atoms with Gasteiger partial charge in [-0.2, -0.15) is 0 Å². The van der Waals surface area contributed by atoms with E-state index in [2.05, 4.69) is 44.0 Å². The summed E-state index contributed by atoms with van der Waals surface area (Å²) in [4.78, 5) is 2.17. The summed E-state index contributed by atoms with van der Waals surface area (Å²) >= 11 is 0. The standard InChI is InChI=1S/C18H24N2O/c1-13-5-6-15(11-14(13)2)18(19)12-20(3)16-7-9-17(21-4)10-8-16/h5-11,18H,12,19H2,1-4H3. The number of nitrogens with two attached hydrogens (primary N) is 1. The molecule has 0 aliphatic carbocycles. The third-order valence-electron chi connectivity index (χ3n) is 3.94. The van der Waals surface area contributed by atoms with Gasteiger partial charge in [0.2, 0.25) is 0 Å². The van der Waals surface area contributed by atoms with E-state index in [0.29, 0.717) is 0 Å². The second-order valence-corrected chi connectivity index (χ2v) is 5.53. The molecule has 0 aliphatic rings. The van der Waals surface area contributed by atoms with Crippen LogP contribution in [0.5, 0.6) is 5.75 Å². The molecule has 0 fully saturated rings. The first-order chi connectivity index (χ1) is 10.0. The van der Waals surface area contributed by atoms with Gasteiger partial charge in [0, 0.05) is 25.3 Å². The third kappa shape index (κ3) is 3.76. The number of rotatable bonds is 5. The molecule has 3 nitrogen and oxygen atoms in total. The lowest BCUT2D eigenvalue weighted by atomic mass is 10.0. The molecule has 112 valence electrons. The minimum Gasteiger partial charge on any atom is -0.497 e. The monoisotopic (exact) mass is 284 g/mol. The van der Waals surface area contributed by atoms with Crippen molar-refractivity contribution < 1.29 is 4.74 Å². The van der Waals surface area contributed by atoms with Gasteiger partial charge in [0.05, 0.1) is 7.11 Å². The number of hydrogen-bond acceptors (Lipinski definition) is 3. The summed E-state index contributed by atoms with van der Waals surface area (Å²) in [5, 5.41) is 0. The van der Waals surface area contributed by atoms with Crippen LogP contribution in [-0.2, 0) is 0 Å². The Morgan fingerprint density at radius 2 is 1.71 bits per heavy atom. The van der Waals surface area contributed by atoms with Crippen LogP contribution in [0.4, 0.5) is 5.69 Å². The van der Waals surface area contributed by atoms with Crippen molar-refractivity contribution in [3.05, 3.63) is 59.2 Å². The number of nitrogens with zero attached hydrogens (tertiary/aromatic N) is 1. The smallest absolute Gasteiger partial charge is 0.119 e. The molecule has 1 atom stereocenters. The summed E-state index contributed by atoms with van der Waals surface area (Å²) in [6.07, 6.45) is 0. The van der Waals surface area contributed by atoms with Gasteiger partial charge in [0.1, 0.15) is 5.75 Å². The van der Waals surface area contributed by atoms with Crippen LogP contribution in [-0.4, -0.2) is 20.7 Å². The van der Waals surface area contributed by atoms with E-state index in [4.69, 9.17) is 10.5 Å². The van der Waals surface area contributed by atoms with Crippen LogP contribution in [0.25, 0.3) is 0 Å². The van der Waals surface area contributed by atoms with Crippen molar-refractivity contribution in [1.29, 1.82) is 0 Å². The Morgan fingerprint density at radius 3 is 2.29 bits per heavy atom. The van der Waals surface area contributed by atoms with Crippen LogP contribution in [0.3, 0.4) is 0 Å².